The summed E-state index contributed by atoms with van der Waals surface area (Å²) >= 11 is 6.26. The number of nitrogens with zero attached hydrogens (tertiary/aromatic N) is 2. The van der Waals surface area contributed by atoms with Gasteiger partial charge >= 0.3 is 6.18 Å². The maximum absolute atomic E-state index is 13.0. The average molecular weight is 450 g/mol. The Labute approximate surface area is 181 Å². The molecule has 1 aliphatic heterocycles. The lowest BCUT2D eigenvalue weighted by atomic mass is 9.97. The maximum Gasteiger partial charge on any atom is 0.416 e. The molecule has 2 aromatic carbocycles. The molecule has 0 bridgehead atoms. The Balaban J connectivity index is 1.55. The van der Waals surface area contributed by atoms with E-state index in [4.69, 9.17) is 16.3 Å². The van der Waals surface area contributed by atoms with Crippen LogP contribution in [0.5, 0.6) is 0 Å². The third kappa shape index (κ3) is 4.75. The maximum atomic E-state index is 13.0. The van der Waals surface area contributed by atoms with Crippen LogP contribution in [0.25, 0.3) is 5.69 Å². The molecule has 1 aliphatic rings. The van der Waals surface area contributed by atoms with Gasteiger partial charge in [-0.05, 0) is 36.6 Å². The van der Waals surface area contributed by atoms with E-state index in [-0.39, 0.29) is 22.9 Å². The summed E-state index contributed by atoms with van der Waals surface area (Å²) in [6.07, 6.45) is -1.85. The quantitative estimate of drug-likeness (QED) is 0.592. The van der Waals surface area contributed by atoms with Crippen molar-refractivity contribution in [1.82, 2.24) is 9.78 Å². The van der Waals surface area contributed by atoms with E-state index in [1.54, 1.807) is 0 Å². The largest absolute Gasteiger partial charge is 0.416 e. The number of hydrogen-bond donors (Lipinski definition) is 1. The van der Waals surface area contributed by atoms with Crippen LogP contribution in [0.1, 0.15) is 30.1 Å². The Morgan fingerprint density at radius 1 is 1.13 bits per heavy atom. The van der Waals surface area contributed by atoms with Gasteiger partial charge in [0.1, 0.15) is 5.02 Å². The fourth-order valence-corrected chi connectivity index (χ4v) is 3.76. The second-order valence-electron chi connectivity index (χ2n) is 7.27. The van der Waals surface area contributed by atoms with Crippen LogP contribution in [0, 0.1) is 0 Å². The molecule has 0 spiro atoms. The molecule has 1 N–H and O–H groups in total. The van der Waals surface area contributed by atoms with Crippen molar-refractivity contribution in [3.8, 4) is 5.69 Å². The van der Waals surface area contributed by atoms with Crippen LogP contribution >= 0.6 is 11.6 Å². The van der Waals surface area contributed by atoms with E-state index in [0.29, 0.717) is 18.7 Å². The highest BCUT2D eigenvalue weighted by atomic mass is 35.5. The minimum absolute atomic E-state index is 0.00191. The van der Waals surface area contributed by atoms with E-state index in [1.165, 1.54) is 18.3 Å². The molecule has 31 heavy (non-hydrogen) atoms. The second-order valence-corrected chi connectivity index (χ2v) is 7.65. The summed E-state index contributed by atoms with van der Waals surface area (Å²) in [5.41, 5.74) is -0.167. The van der Waals surface area contributed by atoms with E-state index in [0.717, 1.165) is 28.8 Å². The Bertz CT molecular complexity index is 1120. The smallest absolute Gasteiger partial charge is 0.379 e. The first kappa shape index (κ1) is 21.4. The number of rotatable bonds is 4. The van der Waals surface area contributed by atoms with Gasteiger partial charge in [-0.25, -0.2) is 0 Å². The molecule has 1 fully saturated rings. The van der Waals surface area contributed by atoms with Crippen molar-refractivity contribution >= 4 is 17.3 Å². The van der Waals surface area contributed by atoms with Crippen LogP contribution in [-0.4, -0.2) is 22.4 Å². The van der Waals surface area contributed by atoms with Gasteiger partial charge in [-0.1, -0.05) is 48.0 Å². The molecule has 0 amide bonds. The second kappa shape index (κ2) is 8.72. The van der Waals surface area contributed by atoms with Crippen LogP contribution in [0.4, 0.5) is 18.9 Å². The summed E-state index contributed by atoms with van der Waals surface area (Å²) in [7, 11) is 0. The van der Waals surface area contributed by atoms with Crippen molar-refractivity contribution < 1.29 is 17.9 Å². The molecule has 162 valence electrons. The summed E-state index contributed by atoms with van der Waals surface area (Å²) in [6.45, 7) is 0.545. The normalized spacial score (nSPS) is 19.2. The molecule has 2 unspecified atom stereocenters. The molecule has 3 aromatic rings. The monoisotopic (exact) mass is 449 g/mol. The number of benzene rings is 2. The third-order valence-corrected chi connectivity index (χ3v) is 5.52. The molecule has 9 heteroatoms. The van der Waals surface area contributed by atoms with Crippen LogP contribution in [0.2, 0.25) is 5.02 Å². The topological polar surface area (TPSA) is 56.1 Å². The highest BCUT2D eigenvalue weighted by Crippen LogP contribution is 2.32. The SMILES string of the molecule is O=c1c(Cl)c(NC2CCOC(c3ccccc3)C2)cnn1-c1cccc(C(F)(F)F)c1. The van der Waals surface area contributed by atoms with Gasteiger partial charge in [0.2, 0.25) is 0 Å². The molecule has 1 aromatic heterocycles. The predicted octanol–water partition coefficient (Wildman–Crippen LogP) is 5.24. The molecule has 5 nitrogen and oxygen atoms in total. The lowest BCUT2D eigenvalue weighted by molar-refractivity contribution is -0.137. The Hall–Kier alpha value is -2.84. The predicted molar refractivity (Wildman–Crippen MR) is 112 cm³/mol. The zero-order chi connectivity index (χ0) is 22.0. The van der Waals surface area contributed by atoms with E-state index in [9.17, 15) is 18.0 Å². The van der Waals surface area contributed by atoms with E-state index >= 15 is 0 Å². The fraction of sp³-hybridized carbons (Fsp3) is 0.273. The van der Waals surface area contributed by atoms with Gasteiger partial charge in [0.15, 0.2) is 0 Å². The molecule has 0 radical (unpaired) electrons. The van der Waals surface area contributed by atoms with Gasteiger partial charge in [-0.3, -0.25) is 4.79 Å². The van der Waals surface area contributed by atoms with Crippen LogP contribution < -0.4 is 10.9 Å². The molecule has 0 saturated carbocycles. The molecule has 0 aliphatic carbocycles. The van der Waals surface area contributed by atoms with Crippen LogP contribution in [0.15, 0.2) is 65.6 Å². The first-order chi connectivity index (χ1) is 14.8. The third-order valence-electron chi connectivity index (χ3n) is 5.15. The Morgan fingerprint density at radius 2 is 1.90 bits per heavy atom. The minimum atomic E-state index is -4.52. The molecule has 1 saturated heterocycles. The number of hydrogen-bond acceptors (Lipinski definition) is 4. The number of aromatic nitrogens is 2. The number of ether oxygens (including phenoxy) is 1. The number of nitrogens with one attached hydrogen (secondary N) is 1. The summed E-state index contributed by atoms with van der Waals surface area (Å²) in [6, 6.07) is 14.2. The number of alkyl halides is 3. The van der Waals surface area contributed by atoms with Crippen LogP contribution in [0.3, 0.4) is 0 Å². The van der Waals surface area contributed by atoms with Gasteiger partial charge in [0, 0.05) is 12.6 Å². The summed E-state index contributed by atoms with van der Waals surface area (Å²) in [5.74, 6) is 0. The fourth-order valence-electron chi connectivity index (χ4n) is 3.58. The molecular formula is C22H19ClF3N3O2. The van der Waals surface area contributed by atoms with Crippen LogP contribution in [-0.2, 0) is 10.9 Å². The standard InChI is InChI=1S/C22H19ClF3N3O2/c23-20-18(28-16-9-10-31-19(12-16)14-5-2-1-3-6-14)13-27-29(21(20)30)17-8-4-7-15(11-17)22(24,25)26/h1-8,11,13,16,19,28H,9-10,12H2. The summed E-state index contributed by atoms with van der Waals surface area (Å²) < 4.78 is 45.7. The van der Waals surface area contributed by atoms with Crippen molar-refractivity contribution in [2.45, 2.75) is 31.2 Å². The van der Waals surface area contributed by atoms with Gasteiger partial charge in [0.05, 0.1) is 29.2 Å². The van der Waals surface area contributed by atoms with Gasteiger partial charge < -0.3 is 10.1 Å². The molecule has 4 rings (SSSR count). The van der Waals surface area contributed by atoms with E-state index in [2.05, 4.69) is 10.4 Å². The zero-order valence-corrected chi connectivity index (χ0v) is 17.0. The van der Waals surface area contributed by atoms with Crippen molar-refractivity contribution in [1.29, 1.82) is 0 Å². The number of anilines is 1. The lowest BCUT2D eigenvalue weighted by Crippen LogP contribution is -2.31. The van der Waals surface area contributed by atoms with Crippen molar-refractivity contribution in [3.05, 3.63) is 87.3 Å². The highest BCUT2D eigenvalue weighted by Gasteiger charge is 2.31. The molecule has 2 heterocycles. The summed E-state index contributed by atoms with van der Waals surface area (Å²) in [4.78, 5) is 12.7. The Kier molecular flexibility index (Phi) is 6.02. The highest BCUT2D eigenvalue weighted by molar-refractivity contribution is 6.33. The van der Waals surface area contributed by atoms with E-state index in [1.807, 2.05) is 30.3 Å². The number of halogens is 4. The Morgan fingerprint density at radius 3 is 2.65 bits per heavy atom. The van der Waals surface area contributed by atoms with Crippen molar-refractivity contribution in [3.63, 3.8) is 0 Å². The lowest BCUT2D eigenvalue weighted by Gasteiger charge is -2.31. The van der Waals surface area contributed by atoms with E-state index < -0.39 is 17.3 Å². The average Bonchev–Trinajstić information content (AvgIpc) is 2.77. The van der Waals surface area contributed by atoms with Crippen molar-refractivity contribution in [2.75, 3.05) is 11.9 Å². The van der Waals surface area contributed by atoms with Gasteiger partial charge in [0.25, 0.3) is 5.56 Å². The minimum Gasteiger partial charge on any atom is -0.379 e. The molecular weight excluding hydrogens is 431 g/mol. The van der Waals surface area contributed by atoms with Crippen molar-refractivity contribution in [2.24, 2.45) is 0 Å². The van der Waals surface area contributed by atoms with Gasteiger partial charge in [-0.15, -0.1) is 0 Å². The first-order valence-electron chi connectivity index (χ1n) is 9.71. The summed E-state index contributed by atoms with van der Waals surface area (Å²) in [5, 5.41) is 7.14. The first-order valence-corrected chi connectivity index (χ1v) is 10.1. The van der Waals surface area contributed by atoms with Gasteiger partial charge in [-0.2, -0.15) is 23.0 Å². The molecule has 2 atom stereocenters. The zero-order valence-electron chi connectivity index (χ0n) is 16.3.